The third-order valence-corrected chi connectivity index (χ3v) is 7.25. The summed E-state index contributed by atoms with van der Waals surface area (Å²) >= 11 is 12.0. The molecule has 0 fully saturated rings. The molecule has 0 bridgehead atoms. The van der Waals surface area contributed by atoms with E-state index in [1.54, 1.807) is 6.07 Å². The van der Waals surface area contributed by atoms with Gasteiger partial charge in [0.1, 0.15) is 16.4 Å². The number of carbonyl (C=O) groups is 1. The average molecular weight is 553 g/mol. The van der Waals surface area contributed by atoms with E-state index in [0.717, 1.165) is 6.07 Å². The van der Waals surface area contributed by atoms with Crippen molar-refractivity contribution in [2.75, 3.05) is 0 Å². The Bertz CT molecular complexity index is 1700. The zero-order valence-electron chi connectivity index (χ0n) is 17.3. The lowest BCUT2D eigenvalue weighted by Crippen LogP contribution is -2.04. The minimum atomic E-state index is -4.84. The molecule has 2 N–H and O–H groups in total. The summed E-state index contributed by atoms with van der Waals surface area (Å²) in [7, 11) is -9.56. The monoisotopic (exact) mass is 552 g/mol. The first-order valence-electron chi connectivity index (χ1n) is 9.63. The zero-order chi connectivity index (χ0) is 25.5. The third-order valence-electron chi connectivity index (χ3n) is 4.96. The lowest BCUT2D eigenvalue weighted by Gasteiger charge is -2.11. The van der Waals surface area contributed by atoms with Crippen molar-refractivity contribution in [3.05, 3.63) is 94.0 Å². The van der Waals surface area contributed by atoms with E-state index in [-0.39, 0.29) is 32.9 Å². The van der Waals surface area contributed by atoms with Crippen LogP contribution >= 0.6 is 23.2 Å². The van der Waals surface area contributed by atoms with Crippen molar-refractivity contribution in [3.63, 3.8) is 0 Å². The maximum Gasteiger partial charge on any atom is 0.295 e. The van der Waals surface area contributed by atoms with Gasteiger partial charge < -0.3 is 4.74 Å². The Kier molecular flexibility index (Phi) is 6.62. The van der Waals surface area contributed by atoms with Gasteiger partial charge in [0, 0.05) is 21.5 Å². The van der Waals surface area contributed by atoms with Crippen molar-refractivity contribution < 1.29 is 35.5 Å². The molecule has 4 rings (SSSR count). The molecule has 0 saturated carbocycles. The Balaban J connectivity index is 1.67. The van der Waals surface area contributed by atoms with E-state index in [9.17, 15) is 30.7 Å². The minimum Gasteiger partial charge on any atom is -0.457 e. The highest BCUT2D eigenvalue weighted by atomic mass is 35.5. The molecule has 0 aliphatic rings. The summed E-state index contributed by atoms with van der Waals surface area (Å²) in [6.07, 6.45) is 0. The van der Waals surface area contributed by atoms with Gasteiger partial charge in [-0.2, -0.15) is 16.8 Å². The molecule has 4 aromatic carbocycles. The van der Waals surface area contributed by atoms with Gasteiger partial charge in [-0.25, -0.2) is 0 Å². The van der Waals surface area contributed by atoms with Gasteiger partial charge >= 0.3 is 0 Å². The number of fused-ring (bicyclic) bond motifs is 1. The highest BCUT2D eigenvalue weighted by Crippen LogP contribution is 2.32. The van der Waals surface area contributed by atoms with Crippen LogP contribution in [0, 0.1) is 0 Å². The predicted octanol–water partition coefficient (Wildman–Crippen LogP) is 5.66. The molecular formula is C23H14Cl2O8S2. The van der Waals surface area contributed by atoms with Crippen molar-refractivity contribution in [2.24, 2.45) is 0 Å². The van der Waals surface area contributed by atoms with Crippen molar-refractivity contribution in [1.29, 1.82) is 0 Å². The first-order valence-corrected chi connectivity index (χ1v) is 13.3. The summed E-state index contributed by atoms with van der Waals surface area (Å²) < 4.78 is 71.3. The van der Waals surface area contributed by atoms with Crippen molar-refractivity contribution in [1.82, 2.24) is 0 Å². The summed E-state index contributed by atoms with van der Waals surface area (Å²) in [5, 5.41) is 0.712. The van der Waals surface area contributed by atoms with Crippen LogP contribution in [0.25, 0.3) is 10.8 Å². The quantitative estimate of drug-likeness (QED) is 0.231. The van der Waals surface area contributed by atoms with Crippen LogP contribution in [0.3, 0.4) is 0 Å². The second-order valence-electron chi connectivity index (χ2n) is 7.33. The molecule has 0 amide bonds. The number of hydrogen-bond donors (Lipinski definition) is 2. The first-order chi connectivity index (χ1) is 16.3. The number of benzene rings is 4. The predicted molar refractivity (Wildman–Crippen MR) is 130 cm³/mol. The summed E-state index contributed by atoms with van der Waals surface area (Å²) in [6, 6.07) is 16.4. The van der Waals surface area contributed by atoms with Crippen LogP contribution in [0.15, 0.2) is 82.6 Å². The zero-order valence-corrected chi connectivity index (χ0v) is 20.5. The Hall–Kier alpha value is -2.99. The molecule has 180 valence electrons. The molecule has 0 unspecified atom stereocenters. The van der Waals surface area contributed by atoms with E-state index < -0.39 is 30.0 Å². The molecule has 0 aliphatic heterocycles. The molecule has 0 aromatic heterocycles. The molecule has 4 aromatic rings. The fourth-order valence-corrected chi connectivity index (χ4v) is 5.06. The Morgan fingerprint density at radius 2 is 1.40 bits per heavy atom. The van der Waals surface area contributed by atoms with E-state index in [1.807, 2.05) is 0 Å². The number of hydrogen-bond acceptors (Lipinski definition) is 6. The van der Waals surface area contributed by atoms with Crippen molar-refractivity contribution in [2.45, 2.75) is 9.79 Å². The van der Waals surface area contributed by atoms with Crippen LogP contribution in [-0.4, -0.2) is 31.7 Å². The van der Waals surface area contributed by atoms with Gasteiger partial charge in [0.25, 0.3) is 20.2 Å². The van der Waals surface area contributed by atoms with E-state index in [2.05, 4.69) is 0 Å². The molecule has 8 nitrogen and oxygen atoms in total. The van der Waals surface area contributed by atoms with Crippen LogP contribution in [0.1, 0.15) is 15.9 Å². The van der Waals surface area contributed by atoms with Crippen LogP contribution in [0.2, 0.25) is 10.0 Å². The standard InChI is InChI=1S/C23H14Cl2O8S2/c24-15-4-8-21(25)20(10-15)23(26)13-1-5-16(6-2-13)33-17-7-3-14-9-18(34(27,28)29)12-22(19(14)11-17)35(30,31)32/h1-12H,(H,27,28,29)(H,30,31,32). The first kappa shape index (κ1) is 25.1. The van der Waals surface area contributed by atoms with E-state index in [1.165, 1.54) is 54.6 Å². The van der Waals surface area contributed by atoms with Gasteiger partial charge in [-0.15, -0.1) is 0 Å². The highest BCUT2D eigenvalue weighted by molar-refractivity contribution is 7.86. The lowest BCUT2D eigenvalue weighted by atomic mass is 10.0. The normalized spacial score (nSPS) is 12.0. The van der Waals surface area contributed by atoms with E-state index in [4.69, 9.17) is 27.9 Å². The number of rotatable bonds is 6. The Morgan fingerprint density at radius 1 is 0.743 bits per heavy atom. The molecule has 0 radical (unpaired) electrons. The molecule has 35 heavy (non-hydrogen) atoms. The summed E-state index contributed by atoms with van der Waals surface area (Å²) in [4.78, 5) is 11.3. The lowest BCUT2D eigenvalue weighted by molar-refractivity contribution is 0.103. The molecule has 0 spiro atoms. The Morgan fingerprint density at radius 3 is 2.03 bits per heavy atom. The summed E-state index contributed by atoms with van der Waals surface area (Å²) in [5.41, 5.74) is 0.566. The van der Waals surface area contributed by atoms with Gasteiger partial charge in [-0.1, -0.05) is 29.3 Å². The topological polar surface area (TPSA) is 135 Å². The largest absolute Gasteiger partial charge is 0.457 e. The minimum absolute atomic E-state index is 0.0280. The smallest absolute Gasteiger partial charge is 0.295 e. The molecule has 0 atom stereocenters. The molecule has 0 saturated heterocycles. The van der Waals surface area contributed by atoms with Gasteiger partial charge in [0.15, 0.2) is 5.78 Å². The maximum absolute atomic E-state index is 12.7. The second kappa shape index (κ2) is 9.23. The van der Waals surface area contributed by atoms with Crippen molar-refractivity contribution in [3.8, 4) is 11.5 Å². The van der Waals surface area contributed by atoms with Crippen molar-refractivity contribution >= 4 is 60.0 Å². The third kappa shape index (κ3) is 5.48. The summed E-state index contributed by atoms with van der Waals surface area (Å²) in [5.74, 6) is 0.127. The van der Waals surface area contributed by atoms with Crippen LogP contribution in [0.4, 0.5) is 0 Å². The van der Waals surface area contributed by atoms with Gasteiger partial charge in [-0.05, 0) is 72.1 Å². The SMILES string of the molecule is O=C(c1ccc(Oc2ccc3cc(S(=O)(=O)O)cc(S(=O)(=O)O)c3c2)cc1)c1cc(Cl)ccc1Cl. The Labute approximate surface area is 210 Å². The van der Waals surface area contributed by atoms with Crippen LogP contribution in [-0.2, 0) is 20.2 Å². The highest BCUT2D eigenvalue weighted by Gasteiger charge is 2.21. The van der Waals surface area contributed by atoms with E-state index in [0.29, 0.717) is 22.4 Å². The van der Waals surface area contributed by atoms with Crippen LogP contribution < -0.4 is 4.74 Å². The van der Waals surface area contributed by atoms with Gasteiger partial charge in [0.05, 0.1) is 9.92 Å². The van der Waals surface area contributed by atoms with E-state index >= 15 is 0 Å². The van der Waals surface area contributed by atoms with Crippen LogP contribution in [0.5, 0.6) is 11.5 Å². The molecule has 0 aliphatic carbocycles. The summed E-state index contributed by atoms with van der Waals surface area (Å²) in [6.45, 7) is 0. The number of carbonyl (C=O) groups excluding carboxylic acids is 1. The average Bonchev–Trinajstić information content (AvgIpc) is 2.78. The fraction of sp³-hybridized carbons (Fsp3) is 0. The number of ether oxygens (including phenoxy) is 1. The molecule has 12 heteroatoms. The molecular weight excluding hydrogens is 539 g/mol. The number of halogens is 2. The fourth-order valence-electron chi connectivity index (χ4n) is 3.34. The molecule has 0 heterocycles. The second-order valence-corrected chi connectivity index (χ2v) is 11.0. The van der Waals surface area contributed by atoms with Gasteiger partial charge in [0.2, 0.25) is 0 Å². The number of ketones is 1. The maximum atomic E-state index is 12.7. The van der Waals surface area contributed by atoms with Gasteiger partial charge in [-0.3, -0.25) is 13.9 Å².